The van der Waals surface area contributed by atoms with Gasteiger partial charge < -0.3 is 4.74 Å². The number of nitrogens with zero attached hydrogens (tertiary/aromatic N) is 2. The molecule has 1 aromatic heterocycles. The molecule has 0 saturated heterocycles. The molecule has 1 N–H and O–H groups in total. The van der Waals surface area contributed by atoms with Crippen LogP contribution in [-0.4, -0.2) is 24.8 Å². The average molecular weight is 331 g/mol. The maximum atomic E-state index is 12.4. The van der Waals surface area contributed by atoms with Crippen LogP contribution in [0.2, 0.25) is 0 Å². The van der Waals surface area contributed by atoms with Crippen molar-refractivity contribution >= 4 is 15.7 Å². The maximum absolute atomic E-state index is 12.4. The molecule has 0 amide bonds. The van der Waals surface area contributed by atoms with Crippen LogP contribution in [0.3, 0.4) is 0 Å². The Hall–Kier alpha value is -2.16. The molecule has 0 radical (unpaired) electrons. The second-order valence-corrected chi connectivity index (χ2v) is 6.15. The third-order valence-corrected chi connectivity index (χ3v) is 4.24. The highest BCUT2D eigenvalue weighted by Crippen LogP contribution is 2.31. The zero-order chi connectivity index (χ0) is 16.3. The lowest BCUT2D eigenvalue weighted by Crippen LogP contribution is -2.15. The molecule has 2 aromatic rings. The summed E-state index contributed by atoms with van der Waals surface area (Å²) in [6, 6.07) is 4.36. The third-order valence-electron chi connectivity index (χ3n) is 2.93. The summed E-state index contributed by atoms with van der Waals surface area (Å²) in [4.78, 5) is -0.0550. The van der Waals surface area contributed by atoms with Crippen LogP contribution in [0.15, 0.2) is 35.5 Å². The van der Waals surface area contributed by atoms with Gasteiger partial charge in [0, 0.05) is 12.7 Å². The number of hydrogen-bond acceptors (Lipinski definition) is 4. The Balaban J connectivity index is 2.37. The molecular weight excluding hydrogens is 316 g/mol. The number of para-hydroxylation sites is 1. The van der Waals surface area contributed by atoms with E-state index in [9.17, 15) is 17.2 Å². The zero-order valence-electron chi connectivity index (χ0n) is 12.0. The predicted molar refractivity (Wildman–Crippen MR) is 76.5 cm³/mol. The summed E-state index contributed by atoms with van der Waals surface area (Å²) in [6.07, 6.45) is 2.55. The van der Waals surface area contributed by atoms with Crippen LogP contribution in [0.1, 0.15) is 12.5 Å². The summed E-state index contributed by atoms with van der Waals surface area (Å²) < 4.78 is 57.6. The fourth-order valence-corrected chi connectivity index (χ4v) is 2.91. The van der Waals surface area contributed by atoms with E-state index in [1.54, 1.807) is 13.0 Å². The molecule has 0 aliphatic heterocycles. The highest BCUT2D eigenvalue weighted by atomic mass is 32.2. The van der Waals surface area contributed by atoms with Crippen molar-refractivity contribution in [2.24, 2.45) is 0 Å². The van der Waals surface area contributed by atoms with Crippen LogP contribution in [0, 0.1) is 6.92 Å². The van der Waals surface area contributed by atoms with E-state index in [0.29, 0.717) is 12.1 Å². The van der Waals surface area contributed by atoms with Gasteiger partial charge in [0.25, 0.3) is 10.0 Å². The Morgan fingerprint density at radius 3 is 2.73 bits per heavy atom. The number of hydrogen-bond donors (Lipinski definition) is 1. The van der Waals surface area contributed by atoms with E-state index >= 15 is 0 Å². The fraction of sp³-hybridized carbons (Fsp3) is 0.308. The second-order valence-electron chi connectivity index (χ2n) is 4.46. The lowest BCUT2D eigenvalue weighted by atomic mass is 10.2. The number of benzene rings is 1. The van der Waals surface area contributed by atoms with Gasteiger partial charge in [-0.3, -0.25) is 9.40 Å². The Morgan fingerprint density at radius 1 is 1.41 bits per heavy atom. The average Bonchev–Trinajstić information content (AvgIpc) is 2.92. The minimum Gasteiger partial charge on any atom is -0.433 e. The van der Waals surface area contributed by atoms with E-state index in [-0.39, 0.29) is 16.3 Å². The first-order valence-electron chi connectivity index (χ1n) is 6.43. The quantitative estimate of drug-likeness (QED) is 0.883. The van der Waals surface area contributed by atoms with E-state index < -0.39 is 16.6 Å². The van der Waals surface area contributed by atoms with E-state index in [1.165, 1.54) is 29.2 Å². The van der Waals surface area contributed by atoms with Crippen molar-refractivity contribution in [3.8, 4) is 5.75 Å². The van der Waals surface area contributed by atoms with Gasteiger partial charge in [0.15, 0.2) is 0 Å². The lowest BCUT2D eigenvalue weighted by Gasteiger charge is -2.14. The van der Waals surface area contributed by atoms with E-state index in [4.69, 9.17) is 0 Å². The molecule has 0 saturated carbocycles. The summed E-state index contributed by atoms with van der Waals surface area (Å²) >= 11 is 0. The van der Waals surface area contributed by atoms with Gasteiger partial charge in [-0.25, -0.2) is 8.42 Å². The summed E-state index contributed by atoms with van der Waals surface area (Å²) in [5.41, 5.74) is 0.441. The zero-order valence-corrected chi connectivity index (χ0v) is 12.8. The minimum atomic E-state index is -3.94. The Bertz CT molecular complexity index is 760. The molecular formula is C13H15F2N3O3S. The summed E-state index contributed by atoms with van der Waals surface area (Å²) in [5.74, 6) is -0.235. The minimum absolute atomic E-state index is 0.0213. The molecule has 0 atom stereocenters. The Labute approximate surface area is 126 Å². The number of aryl methyl sites for hydroxylation is 2. The first kappa shape index (κ1) is 16.2. The van der Waals surface area contributed by atoms with Gasteiger partial charge in [0.1, 0.15) is 10.6 Å². The molecule has 6 nitrogen and oxygen atoms in total. The van der Waals surface area contributed by atoms with Gasteiger partial charge in [0.2, 0.25) is 0 Å². The van der Waals surface area contributed by atoms with Crippen LogP contribution in [0.4, 0.5) is 14.5 Å². The molecule has 1 heterocycles. The number of rotatable bonds is 6. The van der Waals surface area contributed by atoms with Crippen molar-refractivity contribution in [2.75, 3.05) is 4.72 Å². The van der Waals surface area contributed by atoms with E-state index in [1.807, 2.05) is 6.92 Å². The van der Waals surface area contributed by atoms with Crippen molar-refractivity contribution in [3.63, 3.8) is 0 Å². The SMILES string of the molecule is CCn1cc(S(=O)(=O)Nc2c(C)cccc2OC(F)F)cn1. The van der Waals surface area contributed by atoms with Gasteiger partial charge in [-0.15, -0.1) is 0 Å². The Morgan fingerprint density at radius 2 is 2.14 bits per heavy atom. The Kier molecular flexibility index (Phi) is 4.65. The molecule has 9 heteroatoms. The molecule has 0 unspecified atom stereocenters. The van der Waals surface area contributed by atoms with Gasteiger partial charge in [-0.05, 0) is 25.5 Å². The number of sulfonamides is 1. The van der Waals surface area contributed by atoms with Gasteiger partial charge in [-0.2, -0.15) is 13.9 Å². The number of halogens is 2. The van der Waals surface area contributed by atoms with Crippen LogP contribution < -0.4 is 9.46 Å². The first-order chi connectivity index (χ1) is 10.3. The van der Waals surface area contributed by atoms with E-state index in [0.717, 1.165) is 0 Å². The standard InChI is InChI=1S/C13H15F2N3O3S/c1-3-18-8-10(7-16-18)22(19,20)17-12-9(2)5-4-6-11(12)21-13(14)15/h4-8,13,17H,3H2,1-2H3. The van der Waals surface area contributed by atoms with Crippen LogP contribution >= 0.6 is 0 Å². The molecule has 0 aliphatic rings. The largest absolute Gasteiger partial charge is 0.433 e. The van der Waals surface area contributed by atoms with Crippen molar-refractivity contribution in [1.82, 2.24) is 9.78 Å². The second kappa shape index (κ2) is 6.30. The van der Waals surface area contributed by atoms with Gasteiger partial charge in [-0.1, -0.05) is 12.1 Å². The van der Waals surface area contributed by atoms with Crippen molar-refractivity contribution < 1.29 is 21.9 Å². The van der Waals surface area contributed by atoms with Crippen molar-refractivity contribution in [1.29, 1.82) is 0 Å². The van der Waals surface area contributed by atoms with Crippen LogP contribution in [0.25, 0.3) is 0 Å². The summed E-state index contributed by atoms with van der Waals surface area (Å²) in [7, 11) is -3.94. The maximum Gasteiger partial charge on any atom is 0.387 e. The number of nitrogens with one attached hydrogen (secondary N) is 1. The third kappa shape index (κ3) is 3.53. The predicted octanol–water partition coefficient (Wildman–Crippen LogP) is 2.61. The van der Waals surface area contributed by atoms with Crippen LogP contribution in [0.5, 0.6) is 5.75 Å². The summed E-state index contributed by atoms with van der Waals surface area (Å²) in [5, 5.41) is 3.88. The van der Waals surface area contributed by atoms with Crippen LogP contribution in [-0.2, 0) is 16.6 Å². The number of alkyl halides is 2. The van der Waals surface area contributed by atoms with Crippen molar-refractivity contribution in [3.05, 3.63) is 36.2 Å². The fourth-order valence-electron chi connectivity index (χ4n) is 1.82. The molecule has 1 aromatic carbocycles. The highest BCUT2D eigenvalue weighted by Gasteiger charge is 2.21. The molecule has 0 fully saturated rings. The molecule has 0 spiro atoms. The summed E-state index contributed by atoms with van der Waals surface area (Å²) in [6.45, 7) is 0.866. The van der Waals surface area contributed by atoms with E-state index in [2.05, 4.69) is 14.6 Å². The molecule has 0 aliphatic carbocycles. The molecule has 2 rings (SSSR count). The first-order valence-corrected chi connectivity index (χ1v) is 7.91. The monoisotopic (exact) mass is 331 g/mol. The van der Waals surface area contributed by atoms with Gasteiger partial charge >= 0.3 is 6.61 Å². The molecule has 120 valence electrons. The van der Waals surface area contributed by atoms with Gasteiger partial charge in [0.05, 0.1) is 11.9 Å². The lowest BCUT2D eigenvalue weighted by molar-refractivity contribution is -0.0493. The number of anilines is 1. The topological polar surface area (TPSA) is 73.2 Å². The van der Waals surface area contributed by atoms with Crippen molar-refractivity contribution in [2.45, 2.75) is 31.9 Å². The highest BCUT2D eigenvalue weighted by molar-refractivity contribution is 7.92. The smallest absolute Gasteiger partial charge is 0.387 e. The number of aromatic nitrogens is 2. The molecule has 22 heavy (non-hydrogen) atoms. The molecule has 0 bridgehead atoms. The normalized spacial score (nSPS) is 11.7. The number of ether oxygens (including phenoxy) is 1.